The minimum Gasteiger partial charge on any atom is -0.159 e. The molecule has 0 spiro atoms. The number of allylic oxidation sites excluding steroid dienone is 2. The molecule has 0 atom stereocenters. The van der Waals surface area contributed by atoms with Crippen LogP contribution in [0.3, 0.4) is 0 Å². The first-order chi connectivity index (χ1) is 5.00. The van der Waals surface area contributed by atoms with Gasteiger partial charge in [-0.2, -0.15) is 21.1 Å². The average Bonchev–Trinajstić information content (AvgIpc) is 2.67. The molecule has 2 heterocycles. The molecule has 0 N–H and O–H groups in total. The number of rotatable bonds is 0. The van der Waals surface area contributed by atoms with Crippen LogP contribution in [0, 0.1) is 0 Å². The lowest BCUT2D eigenvalue weighted by Crippen LogP contribution is -1.69. The van der Waals surface area contributed by atoms with Gasteiger partial charge in [-0.3, -0.25) is 0 Å². The highest BCUT2D eigenvalue weighted by molar-refractivity contribution is 5.72. The first kappa shape index (κ1) is 6.54. The van der Waals surface area contributed by atoms with Crippen LogP contribution < -0.4 is 10.9 Å². The largest absolute Gasteiger partial charge is 0.159 e. The van der Waals surface area contributed by atoms with Crippen LogP contribution in [0.1, 0.15) is 0 Å². The second-order valence-corrected chi connectivity index (χ2v) is 1.44. The van der Waals surface area contributed by atoms with Gasteiger partial charge in [0.15, 0.2) is 0 Å². The molecule has 0 bridgehead atoms. The summed E-state index contributed by atoms with van der Waals surface area (Å²) in [5.41, 5.74) is 6.94. The van der Waals surface area contributed by atoms with E-state index in [2.05, 4.69) is 21.1 Å². The van der Waals surface area contributed by atoms with Crippen molar-refractivity contribution in [2.45, 2.75) is 0 Å². The van der Waals surface area contributed by atoms with Crippen molar-refractivity contribution in [1.29, 1.82) is 0 Å². The van der Waals surface area contributed by atoms with Gasteiger partial charge in [-0.05, 0) is 12.2 Å². The minimum atomic E-state index is 1.64. The lowest BCUT2D eigenvalue weighted by molar-refractivity contribution is 0.977. The molecule has 0 amide bonds. The quantitative estimate of drug-likeness (QED) is 0.454. The van der Waals surface area contributed by atoms with E-state index in [0.29, 0.717) is 0 Å². The maximum absolute atomic E-state index is 3.47. The third-order valence-electron chi connectivity index (χ3n) is 0.744. The summed E-state index contributed by atoms with van der Waals surface area (Å²) in [5, 5.41) is 6.94. The Bertz CT molecular complexity index is 148. The molecule has 2 radical (unpaired) electrons. The Morgan fingerprint density at radius 1 is 0.700 bits per heavy atom. The molecule has 0 fully saturated rings. The highest BCUT2D eigenvalue weighted by atomic mass is 15.3. The molecule has 2 aliphatic rings. The summed E-state index contributed by atoms with van der Waals surface area (Å²) in [4.78, 5) is 0. The molecule has 0 aromatic heterocycles. The van der Waals surface area contributed by atoms with Gasteiger partial charge in [0.1, 0.15) is 0 Å². The van der Waals surface area contributed by atoms with E-state index in [9.17, 15) is 0 Å². The van der Waals surface area contributed by atoms with Crippen LogP contribution in [0.25, 0.3) is 0 Å². The van der Waals surface area contributed by atoms with E-state index in [1.165, 1.54) is 0 Å². The van der Waals surface area contributed by atoms with Crippen molar-refractivity contribution in [3.8, 4) is 0 Å². The lowest BCUT2D eigenvalue weighted by Gasteiger charge is -1.62. The zero-order chi connectivity index (χ0) is 7.07. The molecule has 10 heavy (non-hydrogen) atoms. The Morgan fingerprint density at radius 2 is 1.20 bits per heavy atom. The fraction of sp³-hybridized carbons (Fsp3) is 0. The smallest absolute Gasteiger partial charge is 0.0511 e. The molecule has 4 heteroatoms. The normalized spacial score (nSPS) is 16.0. The first-order valence-electron chi connectivity index (χ1n) is 2.77. The molecule has 4 nitrogen and oxygen atoms in total. The summed E-state index contributed by atoms with van der Waals surface area (Å²) < 4.78 is 0. The molecular weight excluding hydrogens is 128 g/mol. The monoisotopic (exact) mass is 134 g/mol. The van der Waals surface area contributed by atoms with Crippen molar-refractivity contribution in [1.82, 2.24) is 10.9 Å². The van der Waals surface area contributed by atoms with Crippen LogP contribution in [0.2, 0.25) is 0 Å². The van der Waals surface area contributed by atoms with Crippen molar-refractivity contribution in [3.05, 3.63) is 24.6 Å². The van der Waals surface area contributed by atoms with Crippen molar-refractivity contribution >= 4 is 12.4 Å². The number of hydrogen-bond acceptors (Lipinski definition) is 2. The standard InChI is InChI=1S/2C3H3N2/c2*1-2-4-5-3-1/h2*1-3H. The molecule has 2 aliphatic heterocycles. The maximum Gasteiger partial charge on any atom is 0.0511 e. The zero-order valence-electron chi connectivity index (χ0n) is 5.25. The lowest BCUT2D eigenvalue weighted by atomic mass is 10.7. The minimum absolute atomic E-state index is 1.64. The van der Waals surface area contributed by atoms with E-state index in [1.807, 2.05) is 0 Å². The second-order valence-electron chi connectivity index (χ2n) is 1.44. The maximum atomic E-state index is 3.47. The molecule has 50 valence electrons. The average molecular weight is 134 g/mol. The van der Waals surface area contributed by atoms with Gasteiger partial charge in [-0.25, -0.2) is 0 Å². The first-order valence-corrected chi connectivity index (χ1v) is 2.77. The topological polar surface area (TPSA) is 52.9 Å². The van der Waals surface area contributed by atoms with E-state index in [0.717, 1.165) is 0 Å². The van der Waals surface area contributed by atoms with E-state index >= 15 is 0 Å². The Balaban J connectivity index is 0.0000001000. The predicted molar refractivity (Wildman–Crippen MR) is 39.5 cm³/mol. The van der Waals surface area contributed by atoms with Gasteiger partial charge in [-0.15, -0.1) is 0 Å². The third-order valence-corrected chi connectivity index (χ3v) is 0.744. The Labute approximate surface area is 59.0 Å². The van der Waals surface area contributed by atoms with Gasteiger partial charge < -0.3 is 0 Å². The third kappa shape index (κ3) is 2.66. The molecular formula is C6H6N4. The van der Waals surface area contributed by atoms with Crippen LogP contribution in [0.5, 0.6) is 0 Å². The second kappa shape index (κ2) is 4.31. The van der Waals surface area contributed by atoms with Crippen molar-refractivity contribution in [2.75, 3.05) is 0 Å². The number of nitrogens with zero attached hydrogens (tertiary/aromatic N) is 4. The van der Waals surface area contributed by atoms with Gasteiger partial charge >= 0.3 is 0 Å². The molecule has 0 aliphatic carbocycles. The van der Waals surface area contributed by atoms with Crippen molar-refractivity contribution in [3.63, 3.8) is 0 Å². The summed E-state index contributed by atoms with van der Waals surface area (Å²) in [7, 11) is 0. The van der Waals surface area contributed by atoms with E-state index < -0.39 is 0 Å². The van der Waals surface area contributed by atoms with E-state index in [-0.39, 0.29) is 0 Å². The van der Waals surface area contributed by atoms with Crippen LogP contribution in [-0.2, 0) is 0 Å². The highest BCUT2D eigenvalue weighted by Crippen LogP contribution is 1.73. The van der Waals surface area contributed by atoms with Crippen LogP contribution in [0.4, 0.5) is 0 Å². The van der Waals surface area contributed by atoms with Crippen LogP contribution >= 0.6 is 0 Å². The van der Waals surface area contributed by atoms with Crippen molar-refractivity contribution < 1.29 is 0 Å². The Morgan fingerprint density at radius 3 is 1.30 bits per heavy atom. The highest BCUT2D eigenvalue weighted by Gasteiger charge is 1.73. The summed E-state index contributed by atoms with van der Waals surface area (Å²) in [6.07, 6.45) is 10.1. The van der Waals surface area contributed by atoms with Crippen LogP contribution in [0.15, 0.2) is 34.8 Å². The summed E-state index contributed by atoms with van der Waals surface area (Å²) >= 11 is 0. The number of hydrogen-bond donors (Lipinski definition) is 0. The fourth-order valence-corrected chi connectivity index (χ4v) is 0.385. The molecule has 0 unspecified atom stereocenters. The van der Waals surface area contributed by atoms with E-state index in [1.54, 1.807) is 37.0 Å². The van der Waals surface area contributed by atoms with Gasteiger partial charge in [-0.1, -0.05) is 0 Å². The Kier molecular flexibility index (Phi) is 2.82. The molecule has 0 saturated heterocycles. The SMILES string of the molecule is C1=C[N]N=C1.C1=C[N]N=C1. The Hall–Kier alpha value is -1.58. The molecule has 0 saturated carbocycles. The van der Waals surface area contributed by atoms with Gasteiger partial charge in [0, 0.05) is 0 Å². The molecule has 0 aromatic carbocycles. The van der Waals surface area contributed by atoms with Gasteiger partial charge in [0.25, 0.3) is 0 Å². The summed E-state index contributed by atoms with van der Waals surface area (Å²) in [6.45, 7) is 0. The van der Waals surface area contributed by atoms with E-state index in [4.69, 9.17) is 0 Å². The van der Waals surface area contributed by atoms with Crippen molar-refractivity contribution in [2.24, 2.45) is 10.2 Å². The predicted octanol–water partition coefficient (Wildman–Crippen LogP) is 0.208. The van der Waals surface area contributed by atoms with Gasteiger partial charge in [0.05, 0.1) is 24.8 Å². The summed E-state index contributed by atoms with van der Waals surface area (Å²) in [5.74, 6) is 0. The van der Waals surface area contributed by atoms with Crippen LogP contribution in [-0.4, -0.2) is 12.4 Å². The molecule has 2 rings (SSSR count). The van der Waals surface area contributed by atoms with Gasteiger partial charge in [0.2, 0.25) is 0 Å². The molecule has 0 aromatic rings. The summed E-state index contributed by atoms with van der Waals surface area (Å²) in [6, 6.07) is 0. The zero-order valence-corrected chi connectivity index (χ0v) is 5.25. The fourth-order valence-electron chi connectivity index (χ4n) is 0.385.